The zero-order valence-electron chi connectivity index (χ0n) is 13.5. The van der Waals surface area contributed by atoms with Crippen molar-refractivity contribution in [2.45, 2.75) is 53.8 Å². The molecule has 0 saturated carbocycles. The van der Waals surface area contributed by atoms with E-state index >= 15 is 0 Å². The van der Waals surface area contributed by atoms with Crippen LogP contribution in [0.1, 0.15) is 48.0 Å². The highest BCUT2D eigenvalue weighted by Crippen LogP contribution is 2.07. The smallest absolute Gasteiger partial charge is 0.223 e. The molecule has 0 fully saturated rings. The molecule has 1 heterocycles. The van der Waals surface area contributed by atoms with E-state index in [0.717, 1.165) is 0 Å². The number of hydrogen-bond acceptors (Lipinski definition) is 6. The minimum Gasteiger partial charge on any atom is -0.477 e. The van der Waals surface area contributed by atoms with Crippen LogP contribution in [0.2, 0.25) is 0 Å². The lowest BCUT2D eigenvalue weighted by molar-refractivity contribution is -0.176. The number of nitrogens with two attached hydrogens (primary N) is 1. The van der Waals surface area contributed by atoms with Crippen LogP contribution >= 0.6 is 0 Å². The van der Waals surface area contributed by atoms with Crippen molar-refractivity contribution in [3.8, 4) is 5.88 Å². The maximum atomic E-state index is 9.27. The Labute approximate surface area is 122 Å². The molecule has 0 amide bonds. The third-order valence-corrected chi connectivity index (χ3v) is 1.64. The summed E-state index contributed by atoms with van der Waals surface area (Å²) in [6.07, 6.45) is 2.19. The minimum atomic E-state index is -1.10. The minimum absolute atomic E-state index is 0.185. The molecule has 0 aliphatic rings. The molecule has 0 spiro atoms. The molecule has 1 rings (SSSR count). The molecule has 6 heteroatoms. The number of nitrogens with zero attached hydrogens (tertiary/aromatic N) is 2. The molecule has 0 aromatic carbocycles. The zero-order valence-corrected chi connectivity index (χ0v) is 13.5. The summed E-state index contributed by atoms with van der Waals surface area (Å²) in [5, 5.41) is 9.27. The molecule has 3 N–H and O–H groups in total. The fraction of sp³-hybridized carbons (Fsp3) is 0.714. The van der Waals surface area contributed by atoms with Crippen molar-refractivity contribution >= 4 is 5.95 Å². The van der Waals surface area contributed by atoms with Crippen LogP contribution in [-0.4, -0.2) is 34.1 Å². The number of aromatic nitrogens is 2. The standard InChI is InChI=1S/C10H17N3O3.2C2H6/c1-10(2,14)16-7-3-6-15-8-4-5-12-9(11)13-8;2*1-2/h4-5,14H,3,6-7H2,1-2H3,(H2,11,12,13);2*1-2H3. The summed E-state index contributed by atoms with van der Waals surface area (Å²) in [5.41, 5.74) is 5.39. The monoisotopic (exact) mass is 287 g/mol. The van der Waals surface area contributed by atoms with Gasteiger partial charge < -0.3 is 20.3 Å². The number of aliphatic hydroxyl groups is 1. The van der Waals surface area contributed by atoms with Gasteiger partial charge >= 0.3 is 0 Å². The maximum absolute atomic E-state index is 9.27. The van der Waals surface area contributed by atoms with E-state index in [-0.39, 0.29) is 5.95 Å². The number of ether oxygens (including phenoxy) is 2. The van der Waals surface area contributed by atoms with Gasteiger partial charge in [-0.05, 0) is 13.8 Å². The van der Waals surface area contributed by atoms with E-state index in [4.69, 9.17) is 15.2 Å². The highest BCUT2D eigenvalue weighted by Gasteiger charge is 2.11. The van der Waals surface area contributed by atoms with Crippen LogP contribution in [0.3, 0.4) is 0 Å². The predicted molar refractivity (Wildman–Crippen MR) is 81.5 cm³/mol. The molecule has 6 nitrogen and oxygen atoms in total. The molecule has 20 heavy (non-hydrogen) atoms. The van der Waals surface area contributed by atoms with E-state index in [1.807, 2.05) is 27.7 Å². The first-order chi connectivity index (χ1) is 9.47. The van der Waals surface area contributed by atoms with Gasteiger partial charge in [0.25, 0.3) is 0 Å². The van der Waals surface area contributed by atoms with Gasteiger partial charge in [0.1, 0.15) is 0 Å². The van der Waals surface area contributed by atoms with E-state index in [9.17, 15) is 5.11 Å². The Kier molecular flexibility index (Phi) is 13.2. The summed E-state index contributed by atoms with van der Waals surface area (Å²) in [6.45, 7) is 12.0. The second-order valence-corrected chi connectivity index (χ2v) is 3.75. The first-order valence-electron chi connectivity index (χ1n) is 7.05. The largest absolute Gasteiger partial charge is 0.477 e. The van der Waals surface area contributed by atoms with Crippen LogP contribution in [-0.2, 0) is 4.74 Å². The topological polar surface area (TPSA) is 90.5 Å². The molecule has 0 aliphatic carbocycles. The third-order valence-electron chi connectivity index (χ3n) is 1.64. The number of hydrogen-bond donors (Lipinski definition) is 2. The summed E-state index contributed by atoms with van der Waals surface area (Å²) >= 11 is 0. The summed E-state index contributed by atoms with van der Waals surface area (Å²) in [6, 6.07) is 1.63. The number of nitrogen functional groups attached to an aromatic ring is 1. The van der Waals surface area contributed by atoms with Gasteiger partial charge in [-0.2, -0.15) is 4.98 Å². The van der Waals surface area contributed by atoms with Gasteiger partial charge in [0.05, 0.1) is 13.2 Å². The van der Waals surface area contributed by atoms with Crippen molar-refractivity contribution in [3.63, 3.8) is 0 Å². The normalized spacial score (nSPS) is 9.75. The van der Waals surface area contributed by atoms with Crippen LogP contribution < -0.4 is 10.5 Å². The summed E-state index contributed by atoms with van der Waals surface area (Å²) in [5.74, 6) is -0.472. The Morgan fingerprint density at radius 1 is 1.20 bits per heavy atom. The van der Waals surface area contributed by atoms with Crippen molar-refractivity contribution in [2.24, 2.45) is 0 Å². The molecule has 1 aromatic rings. The lowest BCUT2D eigenvalue weighted by Crippen LogP contribution is -2.24. The highest BCUT2D eigenvalue weighted by molar-refractivity contribution is 5.20. The molecule has 0 saturated heterocycles. The SMILES string of the molecule is CC.CC.CC(C)(O)OCCCOc1ccnc(N)n1. The fourth-order valence-corrected chi connectivity index (χ4v) is 0.994. The Balaban J connectivity index is 0. The number of rotatable bonds is 6. The molecular formula is C14H29N3O3. The van der Waals surface area contributed by atoms with Gasteiger partial charge in [0.15, 0.2) is 5.79 Å². The Hall–Kier alpha value is -1.40. The molecule has 0 unspecified atom stereocenters. The maximum Gasteiger partial charge on any atom is 0.223 e. The van der Waals surface area contributed by atoms with Crippen LogP contribution in [0.5, 0.6) is 5.88 Å². The first kappa shape index (κ1) is 20.9. The van der Waals surface area contributed by atoms with Crippen LogP contribution in [0.25, 0.3) is 0 Å². The first-order valence-corrected chi connectivity index (χ1v) is 7.05. The fourth-order valence-electron chi connectivity index (χ4n) is 0.994. The van der Waals surface area contributed by atoms with Crippen LogP contribution in [0.15, 0.2) is 12.3 Å². The van der Waals surface area contributed by atoms with Crippen LogP contribution in [0, 0.1) is 0 Å². The van der Waals surface area contributed by atoms with E-state index in [0.29, 0.717) is 25.5 Å². The van der Waals surface area contributed by atoms with Gasteiger partial charge in [0.2, 0.25) is 11.8 Å². The Morgan fingerprint density at radius 3 is 2.30 bits per heavy atom. The molecule has 1 aromatic heterocycles. The second kappa shape index (κ2) is 12.6. The van der Waals surface area contributed by atoms with E-state index < -0.39 is 5.79 Å². The summed E-state index contributed by atoms with van der Waals surface area (Å²) < 4.78 is 10.4. The lowest BCUT2D eigenvalue weighted by Gasteiger charge is -2.17. The number of anilines is 1. The average molecular weight is 287 g/mol. The van der Waals surface area contributed by atoms with Crippen molar-refractivity contribution in [1.29, 1.82) is 0 Å². The van der Waals surface area contributed by atoms with E-state index in [1.165, 1.54) is 6.20 Å². The van der Waals surface area contributed by atoms with Crippen LogP contribution in [0.4, 0.5) is 5.95 Å². The molecule has 0 radical (unpaired) electrons. The van der Waals surface area contributed by atoms with Gasteiger partial charge in [-0.25, -0.2) is 4.98 Å². The van der Waals surface area contributed by atoms with Gasteiger partial charge in [-0.15, -0.1) is 0 Å². The van der Waals surface area contributed by atoms with Crippen molar-refractivity contribution in [2.75, 3.05) is 18.9 Å². The Bertz CT molecular complexity index is 328. The average Bonchev–Trinajstić information content (AvgIpc) is 2.42. The molecular weight excluding hydrogens is 258 g/mol. The van der Waals surface area contributed by atoms with Crippen molar-refractivity contribution < 1.29 is 14.6 Å². The highest BCUT2D eigenvalue weighted by atomic mass is 16.6. The van der Waals surface area contributed by atoms with Crippen molar-refractivity contribution in [3.05, 3.63) is 12.3 Å². The quantitative estimate of drug-likeness (QED) is 0.617. The van der Waals surface area contributed by atoms with Crippen molar-refractivity contribution in [1.82, 2.24) is 9.97 Å². The zero-order chi connectivity index (χ0) is 16.0. The Morgan fingerprint density at radius 2 is 1.80 bits per heavy atom. The molecule has 118 valence electrons. The van der Waals surface area contributed by atoms with Gasteiger partial charge in [0, 0.05) is 18.7 Å². The molecule has 0 atom stereocenters. The van der Waals surface area contributed by atoms with Gasteiger partial charge in [-0.3, -0.25) is 0 Å². The third kappa shape index (κ3) is 13.0. The summed E-state index contributed by atoms with van der Waals surface area (Å²) in [4.78, 5) is 7.62. The van der Waals surface area contributed by atoms with Gasteiger partial charge in [-0.1, -0.05) is 27.7 Å². The van der Waals surface area contributed by atoms with E-state index in [2.05, 4.69) is 9.97 Å². The second-order valence-electron chi connectivity index (χ2n) is 3.75. The molecule has 0 aliphatic heterocycles. The summed E-state index contributed by atoms with van der Waals surface area (Å²) in [7, 11) is 0. The predicted octanol–water partition coefficient (Wildman–Crippen LogP) is 2.63. The van der Waals surface area contributed by atoms with E-state index in [1.54, 1.807) is 19.9 Å². The molecule has 0 bridgehead atoms. The lowest BCUT2D eigenvalue weighted by atomic mass is 10.4.